The van der Waals surface area contributed by atoms with Gasteiger partial charge in [-0.2, -0.15) is 0 Å². The lowest BCUT2D eigenvalue weighted by Gasteiger charge is -2.43. The van der Waals surface area contributed by atoms with Gasteiger partial charge in [-0.3, -0.25) is 14.4 Å². The molecule has 0 amide bonds. The summed E-state index contributed by atoms with van der Waals surface area (Å²) >= 11 is 6.00. The molecule has 0 heterocycles. The summed E-state index contributed by atoms with van der Waals surface area (Å²) in [7, 11) is 0. The average molecular weight is 439 g/mol. The summed E-state index contributed by atoms with van der Waals surface area (Å²) in [5.74, 6) is -4.82. The van der Waals surface area contributed by atoms with E-state index in [0.717, 1.165) is 0 Å². The van der Waals surface area contributed by atoms with E-state index in [9.17, 15) is 19.5 Å². The third-order valence-electron chi connectivity index (χ3n) is 5.15. The summed E-state index contributed by atoms with van der Waals surface area (Å²) < 4.78 is 10.8. The maximum Gasteiger partial charge on any atom is 0.317 e. The van der Waals surface area contributed by atoms with Crippen molar-refractivity contribution in [2.24, 2.45) is 23.7 Å². The number of aliphatic hydroxyl groups is 1. The van der Waals surface area contributed by atoms with Gasteiger partial charge in [-0.05, 0) is 36.5 Å². The zero-order valence-corrected chi connectivity index (χ0v) is 18.9. The molecule has 0 aliphatic heterocycles. The van der Waals surface area contributed by atoms with Gasteiger partial charge in [0, 0.05) is 17.4 Å². The average Bonchev–Trinajstić information content (AvgIpc) is 2.63. The van der Waals surface area contributed by atoms with Gasteiger partial charge in [-0.1, -0.05) is 51.4 Å². The molecular formula is C23H31ClO6. The van der Waals surface area contributed by atoms with Crippen LogP contribution in [0.25, 0.3) is 0 Å². The lowest BCUT2D eigenvalue weighted by Crippen LogP contribution is -2.55. The second kappa shape index (κ2) is 9.92. The number of carbonyl (C=O) groups is 3. The first-order valence-electron chi connectivity index (χ1n) is 10.3. The normalized spacial score (nSPS) is 26.7. The van der Waals surface area contributed by atoms with Crippen molar-refractivity contribution in [1.29, 1.82) is 0 Å². The van der Waals surface area contributed by atoms with Gasteiger partial charge in [-0.15, -0.1) is 0 Å². The predicted molar refractivity (Wildman–Crippen MR) is 113 cm³/mol. The van der Waals surface area contributed by atoms with Gasteiger partial charge in [0.15, 0.2) is 5.78 Å². The van der Waals surface area contributed by atoms with Crippen LogP contribution < -0.4 is 0 Å². The molecule has 1 aromatic carbocycles. The molecule has 0 aromatic heterocycles. The molecule has 1 aromatic rings. The summed E-state index contributed by atoms with van der Waals surface area (Å²) in [6.45, 7) is 9.36. The van der Waals surface area contributed by atoms with Crippen LogP contribution in [0.5, 0.6) is 0 Å². The largest absolute Gasteiger partial charge is 0.465 e. The Kier molecular flexibility index (Phi) is 8.06. The Labute approximate surface area is 182 Å². The minimum atomic E-state index is -1.66. The first-order chi connectivity index (χ1) is 13.9. The molecule has 0 unspecified atom stereocenters. The minimum absolute atomic E-state index is 0.0940. The van der Waals surface area contributed by atoms with E-state index in [1.165, 1.54) is 6.92 Å². The highest BCUT2D eigenvalue weighted by Crippen LogP contribution is 2.47. The molecule has 0 bridgehead atoms. The molecule has 7 heteroatoms. The fourth-order valence-corrected chi connectivity index (χ4v) is 3.90. The summed E-state index contributed by atoms with van der Waals surface area (Å²) in [5.41, 5.74) is -1.12. The van der Waals surface area contributed by atoms with Crippen molar-refractivity contribution in [3.05, 3.63) is 34.9 Å². The SMILES string of the molecule is CC(C)COC(=O)[C@@H]1C(=O)C[C@](C)(O)[C@H](C(=O)OCC(C)C)[C@@H]1c1ccc(Cl)cc1. The van der Waals surface area contributed by atoms with Crippen molar-refractivity contribution in [1.82, 2.24) is 0 Å². The molecule has 1 fully saturated rings. The maximum absolute atomic E-state index is 13.0. The Morgan fingerprint density at radius 2 is 1.57 bits per heavy atom. The van der Waals surface area contributed by atoms with Gasteiger partial charge in [0.1, 0.15) is 5.92 Å². The second-order valence-electron chi connectivity index (χ2n) is 9.08. The molecule has 4 atom stereocenters. The van der Waals surface area contributed by atoms with Crippen LogP contribution in [0.4, 0.5) is 0 Å². The Hall–Kier alpha value is -1.92. The van der Waals surface area contributed by atoms with Gasteiger partial charge in [0.25, 0.3) is 0 Å². The minimum Gasteiger partial charge on any atom is -0.465 e. The quantitative estimate of drug-likeness (QED) is 0.514. The van der Waals surface area contributed by atoms with Gasteiger partial charge in [0.05, 0.1) is 24.7 Å². The third kappa shape index (κ3) is 5.82. The molecule has 2 rings (SSSR count). The van der Waals surface area contributed by atoms with Crippen molar-refractivity contribution >= 4 is 29.3 Å². The van der Waals surface area contributed by atoms with Gasteiger partial charge in [0.2, 0.25) is 0 Å². The van der Waals surface area contributed by atoms with Crippen LogP contribution in [0.1, 0.15) is 52.5 Å². The van der Waals surface area contributed by atoms with Crippen LogP contribution in [-0.2, 0) is 23.9 Å². The highest BCUT2D eigenvalue weighted by atomic mass is 35.5. The predicted octanol–water partition coefficient (Wildman–Crippen LogP) is 3.78. The van der Waals surface area contributed by atoms with Crippen LogP contribution in [0, 0.1) is 23.7 Å². The lowest BCUT2D eigenvalue weighted by atomic mass is 9.61. The van der Waals surface area contributed by atoms with Crippen molar-refractivity contribution in [3.63, 3.8) is 0 Å². The molecule has 1 aliphatic rings. The van der Waals surface area contributed by atoms with E-state index in [4.69, 9.17) is 21.1 Å². The maximum atomic E-state index is 13.0. The van der Waals surface area contributed by atoms with Crippen molar-refractivity contribution < 1.29 is 29.0 Å². The van der Waals surface area contributed by atoms with Crippen LogP contribution in [0.15, 0.2) is 24.3 Å². The smallest absolute Gasteiger partial charge is 0.317 e. The molecule has 1 N–H and O–H groups in total. The number of hydrogen-bond acceptors (Lipinski definition) is 6. The molecule has 1 saturated carbocycles. The molecule has 0 saturated heterocycles. The Morgan fingerprint density at radius 3 is 2.07 bits per heavy atom. The van der Waals surface area contributed by atoms with Gasteiger partial charge in [-0.25, -0.2) is 0 Å². The molecule has 6 nitrogen and oxygen atoms in total. The Bertz CT molecular complexity index is 768. The first-order valence-corrected chi connectivity index (χ1v) is 10.7. The number of hydrogen-bond donors (Lipinski definition) is 1. The first kappa shape index (κ1) is 24.4. The van der Waals surface area contributed by atoms with E-state index in [1.807, 2.05) is 27.7 Å². The van der Waals surface area contributed by atoms with Crippen LogP contribution >= 0.6 is 11.6 Å². The van der Waals surface area contributed by atoms with Crippen molar-refractivity contribution in [2.75, 3.05) is 13.2 Å². The second-order valence-corrected chi connectivity index (χ2v) is 9.52. The van der Waals surface area contributed by atoms with E-state index in [1.54, 1.807) is 24.3 Å². The molecule has 166 valence electrons. The summed E-state index contributed by atoms with van der Waals surface area (Å²) in [6, 6.07) is 6.57. The van der Waals surface area contributed by atoms with Crippen molar-refractivity contribution in [3.8, 4) is 0 Å². The molecule has 1 aliphatic carbocycles. The van der Waals surface area contributed by atoms with E-state index >= 15 is 0 Å². The number of ketones is 1. The standard InChI is InChI=1S/C23H31ClO6/c1-13(2)11-29-21(26)19-17(25)10-23(5,28)20(22(27)30-12-14(3)4)18(19)15-6-8-16(24)9-7-15/h6-9,13-14,18-20,28H,10-12H2,1-5H3/t18-,19-,20+,23+/m1/s1. The van der Waals surface area contributed by atoms with Gasteiger partial charge < -0.3 is 14.6 Å². The molecule has 0 spiro atoms. The number of Topliss-reactive ketones (excluding diaryl/α,β-unsaturated/α-hetero) is 1. The van der Waals surface area contributed by atoms with Crippen LogP contribution in [0.2, 0.25) is 5.02 Å². The number of carbonyl (C=O) groups excluding carboxylic acids is 3. The highest BCUT2D eigenvalue weighted by molar-refractivity contribution is 6.30. The van der Waals surface area contributed by atoms with E-state index in [-0.39, 0.29) is 31.5 Å². The summed E-state index contributed by atoms with van der Waals surface area (Å²) in [6.07, 6.45) is -0.333. The molecule has 30 heavy (non-hydrogen) atoms. The van der Waals surface area contributed by atoms with E-state index < -0.39 is 41.1 Å². The van der Waals surface area contributed by atoms with E-state index in [2.05, 4.69) is 0 Å². The number of esters is 2. The number of rotatable bonds is 7. The monoisotopic (exact) mass is 438 g/mol. The molecular weight excluding hydrogens is 408 g/mol. The highest BCUT2D eigenvalue weighted by Gasteiger charge is 2.57. The van der Waals surface area contributed by atoms with E-state index in [0.29, 0.717) is 10.6 Å². The van der Waals surface area contributed by atoms with Crippen molar-refractivity contribution in [2.45, 2.75) is 52.6 Å². The third-order valence-corrected chi connectivity index (χ3v) is 5.40. The Morgan fingerprint density at radius 1 is 1.07 bits per heavy atom. The number of ether oxygens (including phenoxy) is 2. The fourth-order valence-electron chi connectivity index (χ4n) is 3.78. The lowest BCUT2D eigenvalue weighted by molar-refractivity contribution is -0.173. The van der Waals surface area contributed by atoms with Gasteiger partial charge >= 0.3 is 11.9 Å². The van der Waals surface area contributed by atoms with Crippen LogP contribution in [-0.4, -0.2) is 41.6 Å². The number of halogens is 1. The van der Waals surface area contributed by atoms with Crippen LogP contribution in [0.3, 0.4) is 0 Å². The number of benzene rings is 1. The fraction of sp³-hybridized carbons (Fsp3) is 0.609. The summed E-state index contributed by atoms with van der Waals surface area (Å²) in [5, 5.41) is 11.5. The Balaban J connectivity index is 2.51. The zero-order chi connectivity index (χ0) is 22.6. The topological polar surface area (TPSA) is 89.9 Å². The summed E-state index contributed by atoms with van der Waals surface area (Å²) in [4.78, 5) is 38.9. The zero-order valence-electron chi connectivity index (χ0n) is 18.2. The molecule has 0 radical (unpaired) electrons.